The molecule has 0 aliphatic carbocycles. The summed E-state index contributed by atoms with van der Waals surface area (Å²) < 4.78 is 4.65. The number of hydrogen-bond acceptors (Lipinski definition) is 6. The van der Waals surface area contributed by atoms with Gasteiger partial charge in [-0.15, -0.1) is 0 Å². The number of benzene rings is 1. The van der Waals surface area contributed by atoms with Gasteiger partial charge in [-0.2, -0.15) is 0 Å². The van der Waals surface area contributed by atoms with Gasteiger partial charge in [0.25, 0.3) is 0 Å². The number of rotatable bonds is 5. The first kappa shape index (κ1) is 15.2. The molecule has 0 aliphatic heterocycles. The Kier molecular flexibility index (Phi) is 5.08. The second kappa shape index (κ2) is 7.01. The molecule has 21 heavy (non-hydrogen) atoms. The number of methoxy groups -OCH3 is 1. The Morgan fingerprint density at radius 2 is 2.14 bits per heavy atom. The molecule has 1 heterocycles. The average Bonchev–Trinajstić information content (AvgIpc) is 2.52. The van der Waals surface area contributed by atoms with E-state index in [1.807, 2.05) is 0 Å². The highest BCUT2D eigenvalue weighted by atomic mass is 35.5. The summed E-state index contributed by atoms with van der Waals surface area (Å²) in [5.74, 6) is -0.232. The first-order valence-electron chi connectivity index (χ1n) is 6.17. The summed E-state index contributed by atoms with van der Waals surface area (Å²) >= 11 is 5.80. The number of ether oxygens (including phenoxy) is 1. The molecule has 2 rings (SSSR count). The fourth-order valence-electron chi connectivity index (χ4n) is 1.73. The number of nitrogens with zero attached hydrogens (tertiary/aromatic N) is 2. The van der Waals surface area contributed by atoms with Gasteiger partial charge in [0.2, 0.25) is 0 Å². The van der Waals surface area contributed by atoms with E-state index < -0.39 is 12.1 Å². The highest BCUT2D eigenvalue weighted by Crippen LogP contribution is 2.18. The van der Waals surface area contributed by atoms with Gasteiger partial charge >= 0.3 is 5.97 Å². The lowest BCUT2D eigenvalue weighted by Crippen LogP contribution is -2.16. The minimum atomic E-state index is -0.761. The zero-order chi connectivity index (χ0) is 15.2. The van der Waals surface area contributed by atoms with Gasteiger partial charge in [-0.1, -0.05) is 23.7 Å². The van der Waals surface area contributed by atoms with Gasteiger partial charge in [0.15, 0.2) is 0 Å². The molecular weight excluding hydrogens is 294 g/mol. The summed E-state index contributed by atoms with van der Waals surface area (Å²) in [4.78, 5) is 19.3. The van der Waals surface area contributed by atoms with E-state index in [4.69, 9.17) is 11.6 Å². The zero-order valence-electron chi connectivity index (χ0n) is 11.3. The molecule has 6 nitrogen and oxygen atoms in total. The Morgan fingerprint density at radius 3 is 2.81 bits per heavy atom. The van der Waals surface area contributed by atoms with E-state index in [-0.39, 0.29) is 12.1 Å². The number of nitrogens with one attached hydrogen (secondary N) is 1. The molecule has 0 bridgehead atoms. The Hall–Kier alpha value is -2.18. The van der Waals surface area contributed by atoms with E-state index >= 15 is 0 Å². The number of anilines is 1. The maximum Gasteiger partial charge on any atom is 0.343 e. The van der Waals surface area contributed by atoms with Gasteiger partial charge in [-0.25, -0.2) is 14.8 Å². The van der Waals surface area contributed by atoms with Gasteiger partial charge in [0.05, 0.1) is 13.2 Å². The van der Waals surface area contributed by atoms with Gasteiger partial charge in [0.1, 0.15) is 17.7 Å². The number of carbonyl (C=O) groups is 1. The normalized spacial score (nSPS) is 11.8. The SMILES string of the molecule is COC(=O)c1cncnc1NCC(O)c1ccc(Cl)cc1. The Labute approximate surface area is 126 Å². The highest BCUT2D eigenvalue weighted by Gasteiger charge is 2.14. The predicted molar refractivity (Wildman–Crippen MR) is 78.3 cm³/mol. The molecule has 1 atom stereocenters. The molecule has 0 aliphatic rings. The molecule has 7 heteroatoms. The van der Waals surface area contributed by atoms with Crippen molar-refractivity contribution in [3.63, 3.8) is 0 Å². The lowest BCUT2D eigenvalue weighted by molar-refractivity contribution is 0.0600. The van der Waals surface area contributed by atoms with Crippen LogP contribution in [0.2, 0.25) is 5.02 Å². The van der Waals surface area contributed by atoms with Crippen molar-refractivity contribution in [3.8, 4) is 0 Å². The minimum absolute atomic E-state index is 0.183. The van der Waals surface area contributed by atoms with E-state index in [1.165, 1.54) is 19.6 Å². The van der Waals surface area contributed by atoms with E-state index in [9.17, 15) is 9.90 Å². The van der Waals surface area contributed by atoms with Crippen molar-refractivity contribution in [2.75, 3.05) is 19.0 Å². The molecule has 2 N–H and O–H groups in total. The topological polar surface area (TPSA) is 84.3 Å². The number of aromatic nitrogens is 2. The molecule has 1 aromatic heterocycles. The van der Waals surface area contributed by atoms with Crippen LogP contribution in [-0.4, -0.2) is 34.7 Å². The second-order valence-electron chi connectivity index (χ2n) is 4.22. The molecule has 0 radical (unpaired) electrons. The van der Waals surface area contributed by atoms with Crippen LogP contribution in [0.15, 0.2) is 36.8 Å². The van der Waals surface area contributed by atoms with Crippen LogP contribution in [0.3, 0.4) is 0 Å². The van der Waals surface area contributed by atoms with Gasteiger partial charge in [0, 0.05) is 17.8 Å². The predicted octanol–water partition coefficient (Wildman–Crippen LogP) is 2.06. The lowest BCUT2D eigenvalue weighted by atomic mass is 10.1. The molecule has 0 saturated carbocycles. The van der Waals surface area contributed by atoms with E-state index in [0.29, 0.717) is 16.4 Å². The van der Waals surface area contributed by atoms with Gasteiger partial charge in [-0.05, 0) is 17.7 Å². The van der Waals surface area contributed by atoms with Crippen molar-refractivity contribution in [1.82, 2.24) is 9.97 Å². The third-order valence-corrected chi connectivity index (χ3v) is 3.09. The van der Waals surface area contributed by atoms with Crippen molar-refractivity contribution in [2.24, 2.45) is 0 Å². The number of carbonyl (C=O) groups excluding carboxylic acids is 1. The Morgan fingerprint density at radius 1 is 1.43 bits per heavy atom. The van der Waals surface area contributed by atoms with E-state index in [0.717, 1.165) is 0 Å². The third kappa shape index (κ3) is 3.90. The number of aliphatic hydroxyl groups excluding tert-OH is 1. The number of esters is 1. The first-order valence-corrected chi connectivity index (χ1v) is 6.55. The maximum absolute atomic E-state index is 11.6. The molecule has 1 unspecified atom stereocenters. The van der Waals surface area contributed by atoms with Gasteiger partial charge in [-0.3, -0.25) is 0 Å². The Balaban J connectivity index is 2.06. The molecule has 110 valence electrons. The highest BCUT2D eigenvalue weighted by molar-refractivity contribution is 6.30. The number of hydrogen-bond donors (Lipinski definition) is 2. The molecule has 1 aromatic carbocycles. The minimum Gasteiger partial charge on any atom is -0.465 e. The molecule has 0 saturated heterocycles. The quantitative estimate of drug-likeness (QED) is 0.823. The van der Waals surface area contributed by atoms with Crippen molar-refractivity contribution in [2.45, 2.75) is 6.10 Å². The summed E-state index contributed by atoms with van der Waals surface area (Å²) in [5.41, 5.74) is 0.920. The molecule has 0 amide bonds. The standard InChI is InChI=1S/C14H14ClN3O3/c1-21-14(20)11-6-16-8-18-13(11)17-7-12(19)9-2-4-10(15)5-3-9/h2-6,8,12,19H,7H2,1H3,(H,16,17,18). The second-order valence-corrected chi connectivity index (χ2v) is 4.66. The van der Waals surface area contributed by atoms with Crippen molar-refractivity contribution in [1.29, 1.82) is 0 Å². The van der Waals surface area contributed by atoms with Crippen molar-refractivity contribution >= 4 is 23.4 Å². The molecule has 0 spiro atoms. The smallest absolute Gasteiger partial charge is 0.343 e. The summed E-state index contributed by atoms with van der Waals surface area (Å²) in [6.07, 6.45) is 1.90. The van der Waals surface area contributed by atoms with Crippen LogP contribution in [0.1, 0.15) is 22.0 Å². The van der Waals surface area contributed by atoms with Crippen LogP contribution in [0.5, 0.6) is 0 Å². The maximum atomic E-state index is 11.6. The fraction of sp³-hybridized carbons (Fsp3) is 0.214. The van der Waals surface area contributed by atoms with Crippen LogP contribution >= 0.6 is 11.6 Å². The fourth-order valence-corrected chi connectivity index (χ4v) is 1.85. The monoisotopic (exact) mass is 307 g/mol. The summed E-state index contributed by atoms with van der Waals surface area (Å²) in [5, 5.41) is 13.6. The summed E-state index contributed by atoms with van der Waals surface area (Å²) in [6.45, 7) is 0.183. The largest absolute Gasteiger partial charge is 0.465 e. The first-order chi connectivity index (χ1) is 10.1. The third-order valence-electron chi connectivity index (χ3n) is 2.84. The average molecular weight is 308 g/mol. The summed E-state index contributed by atoms with van der Waals surface area (Å²) in [6, 6.07) is 6.86. The lowest BCUT2D eigenvalue weighted by Gasteiger charge is -2.14. The van der Waals surface area contributed by atoms with Crippen molar-refractivity contribution in [3.05, 3.63) is 52.9 Å². The van der Waals surface area contributed by atoms with Crippen LogP contribution in [0.25, 0.3) is 0 Å². The Bertz CT molecular complexity index is 619. The van der Waals surface area contributed by atoms with E-state index in [1.54, 1.807) is 24.3 Å². The van der Waals surface area contributed by atoms with Crippen LogP contribution in [0, 0.1) is 0 Å². The van der Waals surface area contributed by atoms with Gasteiger partial charge < -0.3 is 15.2 Å². The van der Waals surface area contributed by atoms with E-state index in [2.05, 4.69) is 20.0 Å². The molecule has 2 aromatic rings. The molecule has 0 fully saturated rings. The zero-order valence-corrected chi connectivity index (χ0v) is 12.0. The van der Waals surface area contributed by atoms with Crippen LogP contribution < -0.4 is 5.32 Å². The summed E-state index contributed by atoms with van der Waals surface area (Å²) in [7, 11) is 1.28. The number of halogens is 1. The number of aliphatic hydroxyl groups is 1. The van der Waals surface area contributed by atoms with Crippen molar-refractivity contribution < 1.29 is 14.6 Å². The van der Waals surface area contributed by atoms with Crippen LogP contribution in [0.4, 0.5) is 5.82 Å². The molecular formula is C14H14ClN3O3. The van der Waals surface area contributed by atoms with Crippen LogP contribution in [-0.2, 0) is 4.74 Å².